The highest BCUT2D eigenvalue weighted by molar-refractivity contribution is 6.15. The molecule has 1 aliphatic rings. The summed E-state index contributed by atoms with van der Waals surface area (Å²) in [5.74, 6) is -1.10. The lowest BCUT2D eigenvalue weighted by Crippen LogP contribution is -2.09. The maximum absolute atomic E-state index is 14.3. The molecule has 3 rings (SSSR count). The zero-order valence-corrected chi connectivity index (χ0v) is 15.0. The number of hydrogen-bond acceptors (Lipinski definition) is 4. The summed E-state index contributed by atoms with van der Waals surface area (Å²) in [5, 5.41) is 0. The number of carbonyl (C=O) groups is 1. The molecule has 0 N–H and O–H groups in total. The molecule has 0 aliphatic carbocycles. The maximum atomic E-state index is 14.3. The van der Waals surface area contributed by atoms with Crippen LogP contribution in [0, 0.1) is 5.82 Å². The Labute approximate surface area is 158 Å². The highest BCUT2D eigenvalue weighted by atomic mass is 19.4. The van der Waals surface area contributed by atoms with E-state index in [2.05, 4.69) is 0 Å². The number of fused-ring (bicyclic) bond motifs is 1. The van der Waals surface area contributed by atoms with Gasteiger partial charge in [-0.3, -0.25) is 4.79 Å². The van der Waals surface area contributed by atoms with Crippen LogP contribution in [0.4, 0.5) is 17.6 Å². The van der Waals surface area contributed by atoms with Gasteiger partial charge in [-0.25, -0.2) is 4.39 Å². The molecule has 4 nitrogen and oxygen atoms in total. The Kier molecular flexibility index (Phi) is 5.31. The van der Waals surface area contributed by atoms with Crippen LogP contribution in [0.25, 0.3) is 6.08 Å². The van der Waals surface area contributed by atoms with Crippen LogP contribution in [0.15, 0.2) is 35.9 Å². The van der Waals surface area contributed by atoms with Crippen LogP contribution in [-0.4, -0.2) is 26.6 Å². The summed E-state index contributed by atoms with van der Waals surface area (Å²) < 4.78 is 69.1. The monoisotopic (exact) mass is 396 g/mol. The second kappa shape index (κ2) is 7.53. The molecular formula is C20H16F4O4. The van der Waals surface area contributed by atoms with E-state index in [0.717, 1.165) is 12.1 Å². The number of ketones is 1. The predicted molar refractivity (Wildman–Crippen MR) is 93.4 cm³/mol. The fourth-order valence-electron chi connectivity index (χ4n) is 2.93. The minimum Gasteiger partial charge on any atom is -0.496 e. The summed E-state index contributed by atoms with van der Waals surface area (Å²) in [6.45, 7) is 0.0848. The van der Waals surface area contributed by atoms with Crippen LogP contribution in [-0.2, 0) is 6.18 Å². The second-order valence-electron chi connectivity index (χ2n) is 6.01. The Bertz CT molecular complexity index is 948. The van der Waals surface area contributed by atoms with E-state index in [0.29, 0.717) is 11.8 Å². The van der Waals surface area contributed by atoms with Crippen LogP contribution in [0.3, 0.4) is 0 Å². The van der Waals surface area contributed by atoms with E-state index < -0.39 is 23.3 Å². The van der Waals surface area contributed by atoms with Gasteiger partial charge in [0.25, 0.3) is 0 Å². The Morgan fingerprint density at radius 2 is 1.89 bits per heavy atom. The molecule has 8 heteroatoms. The van der Waals surface area contributed by atoms with E-state index >= 15 is 0 Å². The van der Waals surface area contributed by atoms with Crippen LogP contribution in [0.5, 0.6) is 17.2 Å². The molecule has 0 saturated heterocycles. The molecule has 2 aromatic carbocycles. The average Bonchev–Trinajstić information content (AvgIpc) is 2.81. The first-order valence-electron chi connectivity index (χ1n) is 8.26. The zero-order valence-electron chi connectivity index (χ0n) is 15.0. The summed E-state index contributed by atoms with van der Waals surface area (Å²) in [4.78, 5) is 13.0. The lowest BCUT2D eigenvalue weighted by atomic mass is 9.97. The minimum absolute atomic E-state index is 0.0848. The van der Waals surface area contributed by atoms with Gasteiger partial charge in [0, 0.05) is 29.7 Å². The first-order chi connectivity index (χ1) is 13.3. The molecule has 148 valence electrons. The van der Waals surface area contributed by atoms with Crippen molar-refractivity contribution in [3.63, 3.8) is 0 Å². The third-order valence-corrected chi connectivity index (χ3v) is 4.31. The summed E-state index contributed by atoms with van der Waals surface area (Å²) in [6.07, 6.45) is -3.62. The SMILES string of the molecule is COc1cc(OC)c2c(c1)OCC/C(=C\c1cccc(C(F)(F)F)c1F)C2=O. The molecule has 0 unspecified atom stereocenters. The minimum atomic E-state index is -4.83. The summed E-state index contributed by atoms with van der Waals surface area (Å²) in [5.41, 5.74) is -1.49. The van der Waals surface area contributed by atoms with Crippen molar-refractivity contribution in [1.29, 1.82) is 0 Å². The van der Waals surface area contributed by atoms with Gasteiger partial charge >= 0.3 is 6.18 Å². The molecular weight excluding hydrogens is 380 g/mol. The van der Waals surface area contributed by atoms with Crippen molar-refractivity contribution < 1.29 is 36.6 Å². The van der Waals surface area contributed by atoms with E-state index in [-0.39, 0.29) is 41.2 Å². The Hall–Kier alpha value is -3.03. The van der Waals surface area contributed by atoms with Crippen LogP contribution in [0.1, 0.15) is 27.9 Å². The number of carbonyl (C=O) groups excluding carboxylic acids is 1. The van der Waals surface area contributed by atoms with Gasteiger partial charge in [-0.05, 0) is 12.1 Å². The van der Waals surface area contributed by atoms with Crippen LogP contribution < -0.4 is 14.2 Å². The number of methoxy groups -OCH3 is 2. The molecule has 0 aromatic heterocycles. The average molecular weight is 396 g/mol. The van der Waals surface area contributed by atoms with Gasteiger partial charge in [-0.2, -0.15) is 13.2 Å². The van der Waals surface area contributed by atoms with Gasteiger partial charge in [0.1, 0.15) is 28.6 Å². The van der Waals surface area contributed by atoms with Crippen molar-refractivity contribution in [3.05, 3.63) is 58.4 Å². The normalized spacial score (nSPS) is 15.6. The topological polar surface area (TPSA) is 44.8 Å². The smallest absolute Gasteiger partial charge is 0.419 e. The molecule has 28 heavy (non-hydrogen) atoms. The standard InChI is InChI=1S/C20H16F4O4/c1-26-13-9-15(27-2)17-16(10-13)28-7-6-12(19(17)25)8-11-4-3-5-14(18(11)21)20(22,23)24/h3-5,8-10H,6-7H2,1-2H3/b12-8+. The molecule has 0 spiro atoms. The van der Waals surface area contributed by atoms with Gasteiger partial charge in [0.2, 0.25) is 0 Å². The molecule has 1 heterocycles. The van der Waals surface area contributed by atoms with E-state index in [1.54, 1.807) is 0 Å². The maximum Gasteiger partial charge on any atom is 0.419 e. The predicted octanol–water partition coefficient (Wildman–Crippen LogP) is 4.91. The number of alkyl halides is 3. The number of benzene rings is 2. The number of hydrogen-bond donors (Lipinski definition) is 0. The van der Waals surface area contributed by atoms with Gasteiger partial charge in [0.15, 0.2) is 5.78 Å². The molecule has 0 bridgehead atoms. The first-order valence-corrected chi connectivity index (χ1v) is 8.26. The molecule has 2 aromatic rings. The number of Topliss-reactive ketones (excluding diaryl/α,β-unsaturated/α-hetero) is 1. The molecule has 0 amide bonds. The molecule has 0 atom stereocenters. The fourth-order valence-corrected chi connectivity index (χ4v) is 2.93. The van der Waals surface area contributed by atoms with Crippen LogP contribution >= 0.6 is 0 Å². The largest absolute Gasteiger partial charge is 0.496 e. The quantitative estimate of drug-likeness (QED) is 0.546. The molecule has 1 aliphatic heterocycles. The summed E-state index contributed by atoms with van der Waals surface area (Å²) >= 11 is 0. The second-order valence-corrected chi connectivity index (χ2v) is 6.01. The first kappa shape index (κ1) is 19.7. The zero-order chi connectivity index (χ0) is 20.5. The highest BCUT2D eigenvalue weighted by Gasteiger charge is 2.35. The lowest BCUT2D eigenvalue weighted by molar-refractivity contribution is -0.140. The Morgan fingerprint density at radius 3 is 2.54 bits per heavy atom. The van der Waals surface area contributed by atoms with Crippen molar-refractivity contribution in [2.75, 3.05) is 20.8 Å². The lowest BCUT2D eigenvalue weighted by Gasteiger charge is -2.13. The van der Waals surface area contributed by atoms with Gasteiger partial charge < -0.3 is 14.2 Å². The fraction of sp³-hybridized carbons (Fsp3) is 0.250. The number of halogens is 4. The van der Waals surface area contributed by atoms with Gasteiger partial charge in [-0.1, -0.05) is 12.1 Å². The number of rotatable bonds is 3. The van der Waals surface area contributed by atoms with Gasteiger partial charge in [0.05, 0.1) is 26.4 Å². The third kappa shape index (κ3) is 3.67. The van der Waals surface area contributed by atoms with Crippen molar-refractivity contribution in [2.45, 2.75) is 12.6 Å². The molecule has 0 fully saturated rings. The van der Waals surface area contributed by atoms with E-state index in [9.17, 15) is 22.4 Å². The summed E-state index contributed by atoms with van der Waals surface area (Å²) in [6, 6.07) is 5.94. The van der Waals surface area contributed by atoms with Crippen molar-refractivity contribution >= 4 is 11.9 Å². The van der Waals surface area contributed by atoms with Gasteiger partial charge in [-0.15, -0.1) is 0 Å². The highest BCUT2D eigenvalue weighted by Crippen LogP contribution is 2.39. The van der Waals surface area contributed by atoms with E-state index in [1.165, 1.54) is 32.4 Å². The van der Waals surface area contributed by atoms with E-state index in [1.807, 2.05) is 0 Å². The summed E-state index contributed by atoms with van der Waals surface area (Å²) in [7, 11) is 2.81. The van der Waals surface area contributed by atoms with E-state index in [4.69, 9.17) is 14.2 Å². The molecule has 0 saturated carbocycles. The van der Waals surface area contributed by atoms with Crippen molar-refractivity contribution in [1.82, 2.24) is 0 Å². The molecule has 0 radical (unpaired) electrons. The Balaban J connectivity index is 2.10. The van der Waals surface area contributed by atoms with Crippen LogP contribution in [0.2, 0.25) is 0 Å². The van der Waals surface area contributed by atoms with Crippen molar-refractivity contribution in [2.24, 2.45) is 0 Å². The number of ether oxygens (including phenoxy) is 3. The third-order valence-electron chi connectivity index (χ3n) is 4.31. The van der Waals surface area contributed by atoms with Crippen molar-refractivity contribution in [3.8, 4) is 17.2 Å². The Morgan fingerprint density at radius 1 is 1.14 bits per heavy atom.